The van der Waals surface area contributed by atoms with Crippen LogP contribution in [0.4, 0.5) is 0 Å². The van der Waals surface area contributed by atoms with Crippen LogP contribution < -0.4 is 14.2 Å². The van der Waals surface area contributed by atoms with E-state index in [1.165, 1.54) is 58.8 Å². The maximum Gasteiger partial charge on any atom is 0.357 e. The molecule has 10 nitrogen and oxygen atoms in total. The van der Waals surface area contributed by atoms with E-state index >= 15 is 0 Å². The number of methoxy groups -OCH3 is 4. The number of aromatic hydroxyl groups is 1. The van der Waals surface area contributed by atoms with Gasteiger partial charge in [-0.05, 0) is 24.3 Å². The number of halogens is 1. The van der Waals surface area contributed by atoms with Crippen molar-refractivity contribution in [3.63, 3.8) is 0 Å². The summed E-state index contributed by atoms with van der Waals surface area (Å²) >= 11 is 2.89. The van der Waals surface area contributed by atoms with Crippen LogP contribution in [0.15, 0.2) is 36.4 Å². The van der Waals surface area contributed by atoms with Crippen LogP contribution in [0.1, 0.15) is 20.7 Å². The monoisotopic (exact) mass is 522 g/mol. The second-order valence-corrected chi connectivity index (χ2v) is 6.01. The first kappa shape index (κ1) is 29.0. The third kappa shape index (κ3) is 10.3. The molecule has 0 saturated heterocycles. The van der Waals surface area contributed by atoms with E-state index in [-0.39, 0.29) is 12.5 Å². The summed E-state index contributed by atoms with van der Waals surface area (Å²) in [5.41, 5.74) is 0.614. The minimum absolute atomic E-state index is 0.0458. The number of carbonyl (C=O) groups is 2. The van der Waals surface area contributed by atoms with Crippen molar-refractivity contribution in [2.24, 2.45) is 0 Å². The Morgan fingerprint density at radius 1 is 1.00 bits per heavy atom. The van der Waals surface area contributed by atoms with Gasteiger partial charge >= 0.3 is 18.7 Å². The Kier molecular flexibility index (Phi) is 14.7. The number of nitriles is 1. The van der Waals surface area contributed by atoms with E-state index < -0.39 is 11.9 Å². The van der Waals surface area contributed by atoms with Crippen LogP contribution in [-0.2, 0) is 9.47 Å². The van der Waals surface area contributed by atoms with Gasteiger partial charge in [-0.25, -0.2) is 16.2 Å². The molecule has 0 saturated carbocycles. The first-order chi connectivity index (χ1) is 15.8. The molecule has 11 heteroatoms. The van der Waals surface area contributed by atoms with Gasteiger partial charge in [0.05, 0.1) is 39.8 Å². The van der Waals surface area contributed by atoms with E-state index in [0.29, 0.717) is 33.7 Å². The number of rotatable bonds is 6. The van der Waals surface area contributed by atoms with Crippen molar-refractivity contribution in [3.8, 4) is 29.1 Å². The van der Waals surface area contributed by atoms with Gasteiger partial charge in [0.25, 0.3) is 0 Å². The lowest BCUT2D eigenvalue weighted by Gasteiger charge is -2.08. The Bertz CT molecular complexity index is 999. The lowest BCUT2D eigenvalue weighted by Crippen LogP contribution is -2.04. The molecule has 0 aromatic heterocycles. The van der Waals surface area contributed by atoms with E-state index in [1.54, 1.807) is 6.07 Å². The van der Waals surface area contributed by atoms with Crippen molar-refractivity contribution < 1.29 is 38.4 Å². The second-order valence-electron chi connectivity index (χ2n) is 5.45. The first-order valence-electron chi connectivity index (χ1n) is 8.93. The van der Waals surface area contributed by atoms with E-state index in [2.05, 4.69) is 30.2 Å². The number of carbonyl (C=O) groups excluding carboxylic acids is 2. The van der Waals surface area contributed by atoms with Crippen LogP contribution in [0, 0.1) is 17.9 Å². The Labute approximate surface area is 200 Å². The fraction of sp³-hybridized carbons (Fsp3) is 0.273. The average Bonchev–Trinajstić information content (AvgIpc) is 2.86. The minimum atomic E-state index is -0.489. The van der Waals surface area contributed by atoms with Crippen molar-refractivity contribution in [1.82, 2.24) is 0 Å². The summed E-state index contributed by atoms with van der Waals surface area (Å²) in [6.07, 6.45) is 0. The maximum absolute atomic E-state index is 11.3. The number of phenolic OH excluding ortho intramolecular Hbond substituents is 1. The summed E-state index contributed by atoms with van der Waals surface area (Å²) in [7, 11) is 5.45. The third-order valence-corrected chi connectivity index (χ3v) is 3.78. The van der Waals surface area contributed by atoms with Crippen LogP contribution >= 0.6 is 15.9 Å². The number of ether oxygens (including phenoxy) is 5. The number of alkyl halides is 1. The first-order valence-corrected chi connectivity index (χ1v) is 10.1. The number of phenols is 1. The zero-order chi connectivity index (χ0) is 25.2. The van der Waals surface area contributed by atoms with Crippen LogP contribution in [0.25, 0.3) is 4.85 Å². The molecule has 0 amide bonds. The smallest absolute Gasteiger partial charge is 0.357 e. The molecule has 33 heavy (non-hydrogen) atoms. The van der Waals surface area contributed by atoms with Gasteiger partial charge in [-0.2, -0.15) is 5.26 Å². The molecule has 0 heterocycles. The SMILES string of the molecule is COC(=O)c1ccc(O)cc1OC.N#CCBr.[C-]#[N+]COc1ccc(C(=O)OC)c(OC)c1. The number of esters is 2. The van der Waals surface area contributed by atoms with Crippen molar-refractivity contribution in [2.75, 3.05) is 40.5 Å². The Hall–Kier alpha value is -3.96. The average molecular weight is 523 g/mol. The minimum Gasteiger partial charge on any atom is -0.508 e. The van der Waals surface area contributed by atoms with Gasteiger partial charge in [-0.1, -0.05) is 15.9 Å². The maximum atomic E-state index is 11.3. The molecule has 176 valence electrons. The molecule has 0 fully saturated rings. The zero-order valence-electron chi connectivity index (χ0n) is 18.5. The van der Waals surface area contributed by atoms with Gasteiger partial charge in [0.2, 0.25) is 0 Å². The summed E-state index contributed by atoms with van der Waals surface area (Å²) in [5.74, 6) is 0.205. The molecule has 2 rings (SSSR count). The second kappa shape index (κ2) is 16.7. The quantitative estimate of drug-likeness (QED) is 0.341. The van der Waals surface area contributed by atoms with Crippen LogP contribution in [-0.4, -0.2) is 57.5 Å². The van der Waals surface area contributed by atoms with Gasteiger partial charge in [-0.3, -0.25) is 4.85 Å². The van der Waals surface area contributed by atoms with Crippen molar-refractivity contribution in [1.29, 1.82) is 5.26 Å². The highest BCUT2D eigenvalue weighted by molar-refractivity contribution is 9.09. The molecule has 0 aliphatic carbocycles. The summed E-state index contributed by atoms with van der Waals surface area (Å²) in [6, 6.07) is 10.7. The summed E-state index contributed by atoms with van der Waals surface area (Å²) in [6.45, 7) is 6.52. The van der Waals surface area contributed by atoms with E-state index in [4.69, 9.17) is 31.2 Å². The van der Waals surface area contributed by atoms with E-state index in [9.17, 15) is 9.59 Å². The van der Waals surface area contributed by atoms with Gasteiger partial charge in [0.15, 0.2) is 0 Å². The molecular weight excluding hydrogens is 500 g/mol. The molecule has 0 aliphatic heterocycles. The van der Waals surface area contributed by atoms with Crippen LogP contribution in [0.5, 0.6) is 23.0 Å². The van der Waals surface area contributed by atoms with E-state index in [1.807, 2.05) is 6.07 Å². The Morgan fingerprint density at radius 3 is 1.91 bits per heavy atom. The fourth-order valence-corrected chi connectivity index (χ4v) is 2.11. The van der Waals surface area contributed by atoms with Gasteiger partial charge in [-0.15, -0.1) is 0 Å². The zero-order valence-corrected chi connectivity index (χ0v) is 20.0. The van der Waals surface area contributed by atoms with Crippen LogP contribution in [0.2, 0.25) is 0 Å². The molecule has 1 N–H and O–H groups in total. The third-order valence-electron chi connectivity index (χ3n) is 3.52. The number of hydrogen-bond acceptors (Lipinski definition) is 9. The Balaban J connectivity index is 0.000000542. The van der Waals surface area contributed by atoms with Crippen molar-refractivity contribution in [2.45, 2.75) is 0 Å². The highest BCUT2D eigenvalue weighted by Gasteiger charge is 2.14. The number of nitrogens with zero attached hydrogens (tertiary/aromatic N) is 2. The summed E-state index contributed by atoms with van der Waals surface area (Å²) < 4.78 is 24.1. The predicted octanol–water partition coefficient (Wildman–Crippen LogP) is 3.83. The lowest BCUT2D eigenvalue weighted by atomic mass is 10.2. The molecule has 2 aromatic carbocycles. The molecule has 0 atom stereocenters. The van der Waals surface area contributed by atoms with Gasteiger partial charge < -0.3 is 28.8 Å². The van der Waals surface area contributed by atoms with Crippen molar-refractivity contribution in [3.05, 3.63) is 58.9 Å². The molecular formula is C22H23BrN2O8. The highest BCUT2D eigenvalue weighted by Crippen LogP contribution is 2.25. The Morgan fingerprint density at radius 2 is 1.48 bits per heavy atom. The molecule has 0 spiro atoms. The van der Waals surface area contributed by atoms with Crippen LogP contribution in [0.3, 0.4) is 0 Å². The molecule has 0 aliphatic rings. The van der Waals surface area contributed by atoms with Gasteiger partial charge in [0, 0.05) is 12.1 Å². The highest BCUT2D eigenvalue weighted by atomic mass is 79.9. The standard InChI is InChI=1S/C11H11NO4.C9H10O4.C2H2BrN/c1-12-7-16-8-4-5-9(11(13)15-3)10(6-8)14-2;1-12-8-5-6(10)3-4-7(8)9(11)13-2;3-1-2-4/h4-6H,7H2,2-3H3;3-5,10H,1-2H3;1H2. The molecule has 2 aromatic rings. The molecule has 0 bridgehead atoms. The predicted molar refractivity (Wildman–Crippen MR) is 122 cm³/mol. The molecule has 0 radical (unpaired) electrons. The molecule has 0 unspecified atom stereocenters. The normalized spacial score (nSPS) is 8.70. The summed E-state index contributed by atoms with van der Waals surface area (Å²) in [5, 5.41) is 17.1. The van der Waals surface area contributed by atoms with E-state index in [0.717, 1.165) is 0 Å². The van der Waals surface area contributed by atoms with Gasteiger partial charge in [0.1, 0.15) is 34.1 Å². The largest absolute Gasteiger partial charge is 0.508 e. The topological polar surface area (TPSA) is 129 Å². The fourth-order valence-electron chi connectivity index (χ4n) is 2.11. The van der Waals surface area contributed by atoms with Crippen molar-refractivity contribution >= 4 is 27.9 Å². The lowest BCUT2D eigenvalue weighted by molar-refractivity contribution is 0.0588. The number of benzene rings is 2. The number of hydrogen-bond donors (Lipinski definition) is 1. The summed E-state index contributed by atoms with van der Waals surface area (Å²) in [4.78, 5) is 25.5.